The van der Waals surface area contributed by atoms with E-state index in [4.69, 9.17) is 10.1 Å². The summed E-state index contributed by atoms with van der Waals surface area (Å²) in [6, 6.07) is 13.6. The van der Waals surface area contributed by atoms with Crippen LogP contribution >= 0.6 is 0 Å². The predicted octanol–water partition coefficient (Wildman–Crippen LogP) is 7.62. The molecule has 340 valence electrons. The van der Waals surface area contributed by atoms with Crippen molar-refractivity contribution >= 4 is 34.7 Å². The van der Waals surface area contributed by atoms with Crippen molar-refractivity contribution in [3.63, 3.8) is 0 Å². The van der Waals surface area contributed by atoms with E-state index in [1.165, 1.54) is 12.5 Å². The maximum atomic E-state index is 15.3. The molecule has 1 saturated carbocycles. The lowest BCUT2D eigenvalue weighted by molar-refractivity contribution is -0.134. The van der Waals surface area contributed by atoms with Crippen molar-refractivity contribution in [1.82, 2.24) is 39.9 Å². The van der Waals surface area contributed by atoms with Gasteiger partial charge in [-0.1, -0.05) is 13.0 Å². The van der Waals surface area contributed by atoms with Crippen molar-refractivity contribution in [3.8, 4) is 28.3 Å². The summed E-state index contributed by atoms with van der Waals surface area (Å²) in [6.07, 6.45) is 19.2. The van der Waals surface area contributed by atoms with Gasteiger partial charge in [0.15, 0.2) is 0 Å². The number of nitriles is 1. The maximum absolute atomic E-state index is 15.3. The van der Waals surface area contributed by atoms with Gasteiger partial charge in [-0.3, -0.25) is 24.4 Å². The molecular formula is C50H60FN11O3. The van der Waals surface area contributed by atoms with Crippen molar-refractivity contribution in [3.05, 3.63) is 84.3 Å². The standard InChI is InChI=1S/C50H60FN11O3/c1-32(2)56-49(65)50(3)17-22-60(23-18-50)45-12-6-35(27-53-45)42-24-36(30-62-47(42)37(26-52)28-55-62)38-29-54-61(31-38)40-8-4-33(5-9-40)14-19-59-20-15-34(16-21-59)41-10-7-39(25-43(41)51)57-44-11-13-46(63)58-48(44)64/h6-7,10,12,24-25,27-34,40,44,57H,4-5,8-9,11,13-23H2,1-3H3,(H,56,65)(H,58,63,64). The minimum Gasteiger partial charge on any atom is -0.374 e. The average molecular weight is 882 g/mol. The first kappa shape index (κ1) is 44.1. The second kappa shape index (κ2) is 18.8. The Hall–Kier alpha value is -6.14. The number of halogens is 1. The van der Waals surface area contributed by atoms with Gasteiger partial charge in [0.25, 0.3) is 0 Å². The van der Waals surface area contributed by atoms with Crippen LogP contribution in [0.25, 0.3) is 27.8 Å². The number of hydrogen-bond donors (Lipinski definition) is 3. The van der Waals surface area contributed by atoms with Crippen molar-refractivity contribution in [2.24, 2.45) is 11.3 Å². The van der Waals surface area contributed by atoms with E-state index in [1.807, 2.05) is 50.6 Å². The van der Waals surface area contributed by atoms with E-state index in [1.54, 1.807) is 10.7 Å². The fourth-order valence-electron chi connectivity index (χ4n) is 10.4. The largest absolute Gasteiger partial charge is 0.374 e. The number of carbonyl (C=O) groups excluding carboxylic acids is 3. The number of carbonyl (C=O) groups is 3. The summed E-state index contributed by atoms with van der Waals surface area (Å²) in [5.74, 6) is 0.963. The van der Waals surface area contributed by atoms with Gasteiger partial charge in [0.1, 0.15) is 23.7 Å². The van der Waals surface area contributed by atoms with E-state index in [0.29, 0.717) is 29.6 Å². The molecule has 3 aliphatic heterocycles. The number of likely N-dealkylation sites (tertiary alicyclic amines) is 1. The van der Waals surface area contributed by atoms with Crippen LogP contribution in [0.5, 0.6) is 0 Å². The van der Waals surface area contributed by atoms with E-state index in [2.05, 4.69) is 66.9 Å². The van der Waals surface area contributed by atoms with Crippen molar-refractivity contribution in [2.75, 3.05) is 42.9 Å². The van der Waals surface area contributed by atoms with Gasteiger partial charge in [0.2, 0.25) is 17.7 Å². The number of imide groups is 1. The third kappa shape index (κ3) is 9.64. The monoisotopic (exact) mass is 881 g/mol. The summed E-state index contributed by atoms with van der Waals surface area (Å²) in [6.45, 7) is 10.5. The van der Waals surface area contributed by atoms with Gasteiger partial charge in [-0.05, 0) is 145 Å². The highest BCUT2D eigenvalue weighted by Crippen LogP contribution is 2.38. The molecule has 1 unspecified atom stereocenters. The average Bonchev–Trinajstić information content (AvgIpc) is 3.98. The van der Waals surface area contributed by atoms with E-state index in [9.17, 15) is 19.6 Å². The Morgan fingerprint density at radius 2 is 1.71 bits per heavy atom. The number of benzene rings is 1. The first-order chi connectivity index (χ1) is 31.4. The molecule has 7 heterocycles. The van der Waals surface area contributed by atoms with E-state index >= 15 is 4.39 Å². The third-order valence-electron chi connectivity index (χ3n) is 14.5. The first-order valence-electron chi connectivity index (χ1n) is 23.5. The number of anilines is 2. The number of rotatable bonds is 12. The molecule has 65 heavy (non-hydrogen) atoms. The van der Waals surface area contributed by atoms with Crippen molar-refractivity contribution in [1.29, 1.82) is 5.26 Å². The highest BCUT2D eigenvalue weighted by molar-refractivity contribution is 6.01. The van der Waals surface area contributed by atoms with Crippen LogP contribution in [-0.4, -0.2) is 91.8 Å². The summed E-state index contributed by atoms with van der Waals surface area (Å²) in [7, 11) is 0. The van der Waals surface area contributed by atoms with Crippen LogP contribution in [0.4, 0.5) is 15.9 Å². The molecule has 1 aliphatic carbocycles. The summed E-state index contributed by atoms with van der Waals surface area (Å²) < 4.78 is 19.2. The molecule has 15 heteroatoms. The number of pyridine rings is 2. The molecule has 0 bridgehead atoms. The zero-order valence-corrected chi connectivity index (χ0v) is 37.7. The smallest absolute Gasteiger partial charge is 0.249 e. The quantitative estimate of drug-likeness (QED) is 0.106. The third-order valence-corrected chi connectivity index (χ3v) is 14.5. The van der Waals surface area contributed by atoms with Crippen LogP contribution < -0.4 is 20.9 Å². The SMILES string of the molecule is CC(C)NC(=O)C1(C)CCN(c2ccc(-c3cc(-c4cnn(C5CCC(CCN6CCC(c7ccc(NC8CCC(=O)NC8=O)cc7F)CC6)CC5)c4)cn4ncc(C#N)c34)cn2)CC1. The fraction of sp³-hybridized carbons (Fsp3) is 0.500. The van der Waals surface area contributed by atoms with Crippen molar-refractivity contribution < 1.29 is 18.8 Å². The summed E-state index contributed by atoms with van der Waals surface area (Å²) >= 11 is 0. The summed E-state index contributed by atoms with van der Waals surface area (Å²) in [5.41, 5.74) is 5.89. The lowest BCUT2D eigenvalue weighted by Gasteiger charge is -2.39. The van der Waals surface area contributed by atoms with Crippen LogP contribution in [0.2, 0.25) is 0 Å². The highest BCUT2D eigenvalue weighted by atomic mass is 19.1. The molecule has 3 N–H and O–H groups in total. The number of nitrogens with zero attached hydrogens (tertiary/aromatic N) is 8. The van der Waals surface area contributed by atoms with Gasteiger partial charge < -0.3 is 20.4 Å². The molecule has 1 aromatic carbocycles. The topological polar surface area (TPSA) is 166 Å². The lowest BCUT2D eigenvalue weighted by Crippen LogP contribution is -2.49. The van der Waals surface area contributed by atoms with Gasteiger partial charge in [0, 0.05) is 77.5 Å². The Morgan fingerprint density at radius 1 is 0.923 bits per heavy atom. The second-order valence-electron chi connectivity index (χ2n) is 19.4. The van der Waals surface area contributed by atoms with Gasteiger partial charge in [0.05, 0.1) is 29.5 Å². The second-order valence-corrected chi connectivity index (χ2v) is 19.4. The number of hydrogen-bond acceptors (Lipinski definition) is 10. The van der Waals surface area contributed by atoms with E-state index in [-0.39, 0.29) is 47.3 Å². The van der Waals surface area contributed by atoms with Gasteiger partial charge >= 0.3 is 0 Å². The number of fused-ring (bicyclic) bond motifs is 1. The highest BCUT2D eigenvalue weighted by Gasteiger charge is 2.37. The van der Waals surface area contributed by atoms with Crippen molar-refractivity contribution in [2.45, 2.75) is 115 Å². The van der Waals surface area contributed by atoms with Crippen LogP contribution in [0.15, 0.2) is 67.4 Å². The molecular weight excluding hydrogens is 822 g/mol. The molecule has 3 amide bonds. The molecule has 14 nitrogen and oxygen atoms in total. The minimum absolute atomic E-state index is 0.116. The van der Waals surface area contributed by atoms with Crippen LogP contribution in [0.3, 0.4) is 0 Å². The van der Waals surface area contributed by atoms with Gasteiger partial charge in [-0.25, -0.2) is 13.9 Å². The summed E-state index contributed by atoms with van der Waals surface area (Å²) in [4.78, 5) is 46.2. The van der Waals surface area contributed by atoms with E-state index in [0.717, 1.165) is 123 Å². The number of piperidine rings is 3. The van der Waals surface area contributed by atoms with Crippen LogP contribution in [0.1, 0.15) is 114 Å². The molecule has 0 spiro atoms. The maximum Gasteiger partial charge on any atom is 0.249 e. The lowest BCUT2D eigenvalue weighted by atomic mass is 9.79. The number of aromatic nitrogens is 5. The molecule has 4 aliphatic rings. The number of amides is 3. The van der Waals surface area contributed by atoms with E-state index < -0.39 is 6.04 Å². The molecule has 3 saturated heterocycles. The summed E-state index contributed by atoms with van der Waals surface area (Å²) in [5, 5.41) is 28.0. The molecule has 0 radical (unpaired) electrons. The van der Waals surface area contributed by atoms with Gasteiger partial charge in [-0.2, -0.15) is 15.5 Å². The molecule has 5 aromatic rings. The minimum atomic E-state index is -0.535. The van der Waals surface area contributed by atoms with Crippen LogP contribution in [0, 0.1) is 28.5 Å². The molecule has 9 rings (SSSR count). The number of nitrogens with one attached hydrogen (secondary N) is 3. The zero-order chi connectivity index (χ0) is 45.2. The Balaban J connectivity index is 0.773. The molecule has 1 atom stereocenters. The Labute approximate surface area is 380 Å². The predicted molar refractivity (Wildman–Crippen MR) is 247 cm³/mol. The zero-order valence-electron chi connectivity index (χ0n) is 37.7. The normalized spacial score (nSPS) is 21.9. The molecule has 4 fully saturated rings. The van der Waals surface area contributed by atoms with Gasteiger partial charge in [-0.15, -0.1) is 0 Å². The Kier molecular flexibility index (Phi) is 12.7. The first-order valence-corrected chi connectivity index (χ1v) is 23.5. The molecule has 4 aromatic heterocycles. The Bertz CT molecular complexity index is 2570. The fourth-order valence-corrected chi connectivity index (χ4v) is 10.4. The Morgan fingerprint density at radius 3 is 2.40 bits per heavy atom. The van der Waals surface area contributed by atoms with Crippen LogP contribution in [-0.2, 0) is 14.4 Å².